The van der Waals surface area contributed by atoms with E-state index in [-0.39, 0.29) is 11.6 Å². The molecule has 20 heavy (non-hydrogen) atoms. The van der Waals surface area contributed by atoms with Crippen molar-refractivity contribution in [3.63, 3.8) is 0 Å². The van der Waals surface area contributed by atoms with E-state index in [1.807, 2.05) is 0 Å². The van der Waals surface area contributed by atoms with Gasteiger partial charge in [-0.3, -0.25) is 4.90 Å². The van der Waals surface area contributed by atoms with Crippen LogP contribution in [0.4, 0.5) is 0 Å². The fourth-order valence-corrected chi connectivity index (χ4v) is 3.09. The third-order valence-corrected chi connectivity index (χ3v) is 4.95. The first-order chi connectivity index (χ1) is 9.58. The van der Waals surface area contributed by atoms with E-state index in [9.17, 15) is 0 Å². The van der Waals surface area contributed by atoms with Gasteiger partial charge in [-0.25, -0.2) is 0 Å². The monoisotopic (exact) mass is 276 g/mol. The highest BCUT2D eigenvalue weighted by Gasteiger charge is 2.36. The Morgan fingerprint density at radius 1 is 1.30 bits per heavy atom. The normalized spacial score (nSPS) is 21.4. The van der Waals surface area contributed by atoms with Crippen LogP contribution >= 0.6 is 0 Å². The van der Waals surface area contributed by atoms with Crippen molar-refractivity contribution < 1.29 is 4.74 Å². The molecular formula is C17H28N2O. The van der Waals surface area contributed by atoms with Crippen molar-refractivity contribution in [3.8, 4) is 0 Å². The largest absolute Gasteiger partial charge is 0.379 e. The molecule has 0 amide bonds. The zero-order valence-corrected chi connectivity index (χ0v) is 13.1. The molecule has 1 aliphatic heterocycles. The summed E-state index contributed by atoms with van der Waals surface area (Å²) in [6, 6.07) is 8.70. The van der Waals surface area contributed by atoms with Crippen LogP contribution in [-0.2, 0) is 11.2 Å². The zero-order chi connectivity index (χ0) is 14.6. The molecular weight excluding hydrogens is 248 g/mol. The molecule has 3 heteroatoms. The van der Waals surface area contributed by atoms with Gasteiger partial charge in [0.25, 0.3) is 0 Å². The molecule has 2 unspecified atom stereocenters. The van der Waals surface area contributed by atoms with Crippen LogP contribution in [0.3, 0.4) is 0 Å². The van der Waals surface area contributed by atoms with Crippen LogP contribution in [0.15, 0.2) is 24.3 Å². The molecule has 1 fully saturated rings. The van der Waals surface area contributed by atoms with Crippen LogP contribution in [0.1, 0.15) is 31.4 Å². The van der Waals surface area contributed by atoms with Gasteiger partial charge < -0.3 is 10.5 Å². The second-order valence-corrected chi connectivity index (χ2v) is 6.05. The smallest absolute Gasteiger partial charge is 0.0594 e. The van der Waals surface area contributed by atoms with Crippen molar-refractivity contribution in [2.24, 2.45) is 5.73 Å². The molecule has 0 radical (unpaired) electrons. The molecule has 0 saturated carbocycles. The minimum atomic E-state index is 0.0477. The van der Waals surface area contributed by atoms with Crippen LogP contribution < -0.4 is 5.73 Å². The van der Waals surface area contributed by atoms with Gasteiger partial charge in [0.2, 0.25) is 0 Å². The predicted octanol–water partition coefficient (Wildman–Crippen LogP) is 2.37. The van der Waals surface area contributed by atoms with Crippen molar-refractivity contribution in [2.75, 3.05) is 26.3 Å². The van der Waals surface area contributed by atoms with Crippen molar-refractivity contribution in [2.45, 2.75) is 45.2 Å². The molecule has 0 aromatic heterocycles. The number of morpholine rings is 1. The number of rotatable bonds is 5. The number of aryl methyl sites for hydroxylation is 1. The van der Waals surface area contributed by atoms with E-state index in [1.165, 1.54) is 11.1 Å². The standard InChI is InChI=1S/C17H28N2O/c1-4-17(3,19-9-11-20-12-10-19)16(18)13-15-8-6-5-7-14(15)2/h5-8,16H,4,9-13,18H2,1-3H3. The van der Waals surface area contributed by atoms with Gasteiger partial charge in [0.15, 0.2) is 0 Å². The summed E-state index contributed by atoms with van der Waals surface area (Å²) in [6.07, 6.45) is 2.01. The minimum absolute atomic E-state index is 0.0477. The Labute approximate surface area is 123 Å². The molecule has 2 rings (SSSR count). The van der Waals surface area contributed by atoms with E-state index < -0.39 is 0 Å². The van der Waals surface area contributed by atoms with Gasteiger partial charge in [-0.05, 0) is 37.8 Å². The first-order valence-electron chi connectivity index (χ1n) is 7.71. The number of nitrogens with two attached hydrogens (primary N) is 1. The molecule has 0 spiro atoms. The molecule has 2 N–H and O–H groups in total. The highest BCUT2D eigenvalue weighted by molar-refractivity contribution is 5.27. The number of benzene rings is 1. The average molecular weight is 276 g/mol. The Morgan fingerprint density at radius 3 is 2.55 bits per heavy atom. The Hall–Kier alpha value is -0.900. The molecule has 1 aliphatic rings. The Bertz CT molecular complexity index is 429. The van der Waals surface area contributed by atoms with Crippen molar-refractivity contribution in [3.05, 3.63) is 35.4 Å². The summed E-state index contributed by atoms with van der Waals surface area (Å²) in [5, 5.41) is 0. The minimum Gasteiger partial charge on any atom is -0.379 e. The molecule has 1 heterocycles. The van der Waals surface area contributed by atoms with Gasteiger partial charge >= 0.3 is 0 Å². The van der Waals surface area contributed by atoms with Crippen LogP contribution in [0.2, 0.25) is 0 Å². The van der Waals surface area contributed by atoms with Crippen molar-refractivity contribution in [1.82, 2.24) is 4.90 Å². The molecule has 3 nitrogen and oxygen atoms in total. The van der Waals surface area contributed by atoms with Gasteiger partial charge in [-0.15, -0.1) is 0 Å². The second kappa shape index (κ2) is 6.70. The first kappa shape index (κ1) is 15.5. The first-order valence-corrected chi connectivity index (χ1v) is 7.71. The van der Waals surface area contributed by atoms with Gasteiger partial charge in [0.05, 0.1) is 13.2 Å². The van der Waals surface area contributed by atoms with Gasteiger partial charge in [-0.2, -0.15) is 0 Å². The van der Waals surface area contributed by atoms with E-state index >= 15 is 0 Å². The van der Waals surface area contributed by atoms with Crippen molar-refractivity contribution in [1.29, 1.82) is 0 Å². The molecule has 1 aromatic rings. The molecule has 2 atom stereocenters. The van der Waals surface area contributed by atoms with Gasteiger partial charge in [0, 0.05) is 24.7 Å². The molecule has 112 valence electrons. The fraction of sp³-hybridized carbons (Fsp3) is 0.647. The number of ether oxygens (including phenoxy) is 1. The Balaban J connectivity index is 2.11. The topological polar surface area (TPSA) is 38.5 Å². The van der Waals surface area contributed by atoms with Crippen LogP contribution in [-0.4, -0.2) is 42.8 Å². The SMILES string of the molecule is CCC(C)(C(N)Cc1ccccc1C)N1CCOCC1. The van der Waals surface area contributed by atoms with E-state index in [2.05, 4.69) is 49.9 Å². The van der Waals surface area contributed by atoms with Crippen molar-refractivity contribution >= 4 is 0 Å². The summed E-state index contributed by atoms with van der Waals surface area (Å²) in [5.41, 5.74) is 9.36. The number of hydrogen-bond acceptors (Lipinski definition) is 3. The van der Waals surface area contributed by atoms with Crippen LogP contribution in [0.25, 0.3) is 0 Å². The predicted molar refractivity (Wildman–Crippen MR) is 83.9 cm³/mol. The number of nitrogens with zero attached hydrogens (tertiary/aromatic N) is 1. The summed E-state index contributed by atoms with van der Waals surface area (Å²) < 4.78 is 5.47. The second-order valence-electron chi connectivity index (χ2n) is 6.05. The third kappa shape index (κ3) is 3.22. The maximum atomic E-state index is 6.61. The summed E-state index contributed by atoms with van der Waals surface area (Å²) in [7, 11) is 0. The lowest BCUT2D eigenvalue weighted by Gasteiger charge is -2.46. The fourth-order valence-electron chi connectivity index (χ4n) is 3.09. The van der Waals surface area contributed by atoms with Crippen LogP contribution in [0.5, 0.6) is 0 Å². The van der Waals surface area contributed by atoms with E-state index in [0.29, 0.717) is 0 Å². The van der Waals surface area contributed by atoms with Gasteiger partial charge in [0.1, 0.15) is 0 Å². The zero-order valence-electron chi connectivity index (χ0n) is 13.1. The maximum Gasteiger partial charge on any atom is 0.0594 e. The number of hydrogen-bond donors (Lipinski definition) is 1. The van der Waals surface area contributed by atoms with Gasteiger partial charge in [-0.1, -0.05) is 31.2 Å². The summed E-state index contributed by atoms with van der Waals surface area (Å²) in [6.45, 7) is 10.4. The van der Waals surface area contributed by atoms with Crippen LogP contribution in [0, 0.1) is 6.92 Å². The Kier molecular flexibility index (Phi) is 5.19. The molecule has 0 bridgehead atoms. The summed E-state index contributed by atoms with van der Waals surface area (Å²) in [4.78, 5) is 2.51. The quantitative estimate of drug-likeness (QED) is 0.897. The molecule has 1 aromatic carbocycles. The summed E-state index contributed by atoms with van der Waals surface area (Å²) >= 11 is 0. The molecule has 0 aliphatic carbocycles. The average Bonchev–Trinajstić information content (AvgIpc) is 2.49. The summed E-state index contributed by atoms with van der Waals surface area (Å²) in [5.74, 6) is 0. The lowest BCUT2D eigenvalue weighted by atomic mass is 9.83. The van der Waals surface area contributed by atoms with E-state index in [1.54, 1.807) is 0 Å². The Morgan fingerprint density at radius 2 is 1.95 bits per heavy atom. The van der Waals surface area contributed by atoms with E-state index in [0.717, 1.165) is 39.1 Å². The maximum absolute atomic E-state index is 6.61. The lowest BCUT2D eigenvalue weighted by molar-refractivity contribution is -0.0272. The third-order valence-electron chi connectivity index (χ3n) is 4.95. The highest BCUT2D eigenvalue weighted by Crippen LogP contribution is 2.26. The molecule has 1 saturated heterocycles. The van der Waals surface area contributed by atoms with E-state index in [4.69, 9.17) is 10.5 Å². The highest BCUT2D eigenvalue weighted by atomic mass is 16.5. The lowest BCUT2D eigenvalue weighted by Crippen LogP contribution is -2.61.